The number of nitro groups is 1. The normalized spacial score (nSPS) is 10.1. The van der Waals surface area contributed by atoms with Crippen molar-refractivity contribution in [3.8, 4) is 0 Å². The highest BCUT2D eigenvalue weighted by molar-refractivity contribution is 6.31. The number of nitrogens with zero attached hydrogens (tertiary/aromatic N) is 1. The smallest absolute Gasteiger partial charge is 0.307 e. The average molecular weight is 324 g/mol. The predicted molar refractivity (Wildman–Crippen MR) is 81.9 cm³/mol. The molecule has 0 saturated heterocycles. The van der Waals surface area contributed by atoms with E-state index in [4.69, 9.17) is 11.6 Å². The number of hydrogen-bond acceptors (Lipinski definition) is 3. The lowest BCUT2D eigenvalue weighted by Gasteiger charge is -2.10. The fourth-order valence-corrected chi connectivity index (χ4v) is 1.92. The van der Waals surface area contributed by atoms with Gasteiger partial charge in [0.15, 0.2) is 0 Å². The number of carbonyl (C=O) groups excluding carboxylic acids is 1. The Balaban J connectivity index is 2.14. The second-order valence-electron chi connectivity index (χ2n) is 4.46. The van der Waals surface area contributed by atoms with Crippen LogP contribution in [0.3, 0.4) is 0 Å². The first-order chi connectivity index (χ1) is 10.4. The topological polar surface area (TPSA) is 84.3 Å². The molecule has 0 bridgehead atoms. The fourth-order valence-electron chi connectivity index (χ4n) is 1.74. The lowest BCUT2D eigenvalue weighted by molar-refractivity contribution is -0.387. The summed E-state index contributed by atoms with van der Waals surface area (Å²) in [5.41, 5.74) is 0.688. The number of benzene rings is 2. The van der Waals surface area contributed by atoms with Gasteiger partial charge in [-0.2, -0.15) is 4.39 Å². The second-order valence-corrected chi connectivity index (χ2v) is 4.90. The van der Waals surface area contributed by atoms with Crippen molar-refractivity contribution in [3.63, 3.8) is 0 Å². The molecule has 0 aliphatic heterocycles. The van der Waals surface area contributed by atoms with Gasteiger partial charge in [-0.1, -0.05) is 17.7 Å². The van der Waals surface area contributed by atoms with Crippen LogP contribution in [0.25, 0.3) is 0 Å². The van der Waals surface area contributed by atoms with E-state index in [2.05, 4.69) is 10.6 Å². The lowest BCUT2D eigenvalue weighted by Crippen LogP contribution is -2.20. The summed E-state index contributed by atoms with van der Waals surface area (Å²) in [6, 6.07) is 7.46. The summed E-state index contributed by atoms with van der Waals surface area (Å²) in [7, 11) is 0. The van der Waals surface area contributed by atoms with E-state index in [1.807, 2.05) is 0 Å². The van der Waals surface area contributed by atoms with Crippen LogP contribution in [0.2, 0.25) is 5.02 Å². The Labute approximate surface area is 130 Å². The van der Waals surface area contributed by atoms with Gasteiger partial charge in [0.1, 0.15) is 0 Å². The molecular weight excluding hydrogens is 313 g/mol. The summed E-state index contributed by atoms with van der Waals surface area (Å²) < 4.78 is 13.2. The van der Waals surface area contributed by atoms with E-state index in [9.17, 15) is 19.3 Å². The number of urea groups is 1. The van der Waals surface area contributed by atoms with Crippen LogP contribution in [0.1, 0.15) is 5.56 Å². The molecule has 0 spiro atoms. The standard InChI is InChI=1S/C14H11ClFN3O3/c1-8-2-3-9(15)6-12(8)18-14(20)17-10-4-5-11(16)13(7-10)19(21)22/h2-7H,1H3,(H2,17,18,20). The number of anilines is 2. The summed E-state index contributed by atoms with van der Waals surface area (Å²) in [6.45, 7) is 1.79. The highest BCUT2D eigenvalue weighted by Gasteiger charge is 2.15. The van der Waals surface area contributed by atoms with Crippen molar-refractivity contribution in [1.82, 2.24) is 0 Å². The fraction of sp³-hybridized carbons (Fsp3) is 0.0714. The lowest BCUT2D eigenvalue weighted by atomic mass is 10.2. The monoisotopic (exact) mass is 323 g/mol. The van der Waals surface area contributed by atoms with Crippen LogP contribution in [-0.2, 0) is 0 Å². The van der Waals surface area contributed by atoms with Gasteiger partial charge in [0, 0.05) is 22.5 Å². The number of nitro benzene ring substituents is 1. The molecule has 0 aliphatic rings. The summed E-state index contributed by atoms with van der Waals surface area (Å²) >= 11 is 5.85. The molecule has 0 aromatic heterocycles. The number of carbonyl (C=O) groups is 1. The molecule has 8 heteroatoms. The van der Waals surface area contributed by atoms with Crippen molar-refractivity contribution in [2.75, 3.05) is 10.6 Å². The highest BCUT2D eigenvalue weighted by Crippen LogP contribution is 2.23. The van der Waals surface area contributed by atoms with Crippen molar-refractivity contribution < 1.29 is 14.1 Å². The Bertz CT molecular complexity index is 752. The van der Waals surface area contributed by atoms with Crippen molar-refractivity contribution in [2.45, 2.75) is 6.92 Å². The van der Waals surface area contributed by atoms with Gasteiger partial charge in [-0.15, -0.1) is 0 Å². The molecule has 2 aromatic rings. The maximum absolute atomic E-state index is 13.2. The molecule has 6 nitrogen and oxygen atoms in total. The van der Waals surface area contributed by atoms with Crippen molar-refractivity contribution in [3.05, 3.63) is 62.9 Å². The molecule has 0 atom stereocenters. The van der Waals surface area contributed by atoms with E-state index in [1.165, 1.54) is 6.07 Å². The molecule has 0 unspecified atom stereocenters. The maximum Gasteiger partial charge on any atom is 0.323 e. The molecule has 0 aliphatic carbocycles. The van der Waals surface area contributed by atoms with E-state index < -0.39 is 22.5 Å². The minimum absolute atomic E-state index is 0.102. The highest BCUT2D eigenvalue weighted by atomic mass is 35.5. The third kappa shape index (κ3) is 3.70. The third-order valence-corrected chi connectivity index (χ3v) is 3.08. The zero-order chi connectivity index (χ0) is 16.3. The van der Waals surface area contributed by atoms with Gasteiger partial charge in [-0.3, -0.25) is 10.1 Å². The van der Waals surface area contributed by atoms with Gasteiger partial charge < -0.3 is 10.6 Å². The van der Waals surface area contributed by atoms with Crippen molar-refractivity contribution in [2.24, 2.45) is 0 Å². The number of rotatable bonds is 3. The first-order valence-electron chi connectivity index (χ1n) is 6.15. The van der Waals surface area contributed by atoms with Crippen LogP contribution < -0.4 is 10.6 Å². The summed E-state index contributed by atoms with van der Waals surface area (Å²) in [5, 5.41) is 16.1. The molecule has 2 aromatic carbocycles. The summed E-state index contributed by atoms with van der Waals surface area (Å²) in [4.78, 5) is 21.7. The summed E-state index contributed by atoms with van der Waals surface area (Å²) in [6.07, 6.45) is 0. The van der Waals surface area contributed by atoms with Gasteiger partial charge in [0.25, 0.3) is 0 Å². The Morgan fingerprint density at radius 2 is 1.95 bits per heavy atom. The van der Waals surface area contributed by atoms with Crippen molar-refractivity contribution >= 4 is 34.7 Å². The molecule has 0 fully saturated rings. The molecule has 0 heterocycles. The molecule has 2 rings (SSSR count). The van der Waals surface area contributed by atoms with Crippen LogP contribution in [0.4, 0.5) is 26.2 Å². The van der Waals surface area contributed by atoms with Crippen LogP contribution >= 0.6 is 11.6 Å². The van der Waals surface area contributed by atoms with Gasteiger partial charge in [-0.05, 0) is 36.8 Å². The van der Waals surface area contributed by atoms with Crippen LogP contribution in [0.5, 0.6) is 0 Å². The van der Waals surface area contributed by atoms with Gasteiger partial charge in [0.2, 0.25) is 5.82 Å². The third-order valence-electron chi connectivity index (χ3n) is 2.85. The Kier molecular flexibility index (Phi) is 4.57. The summed E-state index contributed by atoms with van der Waals surface area (Å²) in [5.74, 6) is -0.971. The number of hydrogen-bond donors (Lipinski definition) is 2. The Morgan fingerprint density at radius 1 is 1.23 bits per heavy atom. The van der Waals surface area contributed by atoms with Crippen LogP contribution in [0.15, 0.2) is 36.4 Å². The van der Waals surface area contributed by atoms with Crippen LogP contribution in [0, 0.1) is 22.9 Å². The molecule has 0 radical (unpaired) electrons. The average Bonchev–Trinajstić information content (AvgIpc) is 2.44. The minimum atomic E-state index is -0.971. The number of amides is 2. The van der Waals surface area contributed by atoms with Crippen LogP contribution in [-0.4, -0.2) is 11.0 Å². The molecular formula is C14H11ClFN3O3. The number of nitrogens with one attached hydrogen (secondary N) is 2. The van der Waals surface area contributed by atoms with Gasteiger partial charge >= 0.3 is 11.7 Å². The largest absolute Gasteiger partial charge is 0.323 e. The van der Waals surface area contributed by atoms with E-state index >= 15 is 0 Å². The molecule has 22 heavy (non-hydrogen) atoms. The first-order valence-corrected chi connectivity index (χ1v) is 6.52. The van der Waals surface area contributed by atoms with Crippen molar-refractivity contribution in [1.29, 1.82) is 0 Å². The quantitative estimate of drug-likeness (QED) is 0.651. The zero-order valence-electron chi connectivity index (χ0n) is 11.4. The van der Waals surface area contributed by atoms with Gasteiger partial charge in [0.05, 0.1) is 4.92 Å². The maximum atomic E-state index is 13.2. The number of halogens is 2. The van der Waals surface area contributed by atoms with E-state index in [-0.39, 0.29) is 5.69 Å². The van der Waals surface area contributed by atoms with E-state index in [1.54, 1.807) is 25.1 Å². The minimum Gasteiger partial charge on any atom is -0.307 e. The molecule has 2 N–H and O–H groups in total. The predicted octanol–water partition coefficient (Wildman–Crippen LogP) is 4.34. The number of aryl methyl sites for hydroxylation is 1. The molecule has 2 amide bonds. The van der Waals surface area contributed by atoms with E-state index in [0.717, 1.165) is 17.7 Å². The Morgan fingerprint density at radius 3 is 2.64 bits per heavy atom. The second kappa shape index (κ2) is 6.40. The van der Waals surface area contributed by atoms with Gasteiger partial charge in [-0.25, -0.2) is 4.79 Å². The Hall–Kier alpha value is -2.67. The molecule has 0 saturated carbocycles. The van der Waals surface area contributed by atoms with E-state index in [0.29, 0.717) is 10.7 Å². The molecule has 114 valence electrons. The SMILES string of the molecule is Cc1ccc(Cl)cc1NC(=O)Nc1ccc(F)c([N+](=O)[O-])c1. The first kappa shape index (κ1) is 15.7. The zero-order valence-corrected chi connectivity index (χ0v) is 12.1.